The molecule has 2 aromatic rings. The summed E-state index contributed by atoms with van der Waals surface area (Å²) >= 11 is 0. The summed E-state index contributed by atoms with van der Waals surface area (Å²) in [5, 5.41) is 2.59. The lowest BCUT2D eigenvalue weighted by molar-refractivity contribution is -0.138. The third-order valence-electron chi connectivity index (χ3n) is 5.02. The first-order valence-electron chi connectivity index (χ1n) is 9.66. The Balaban J connectivity index is 1.55. The second-order valence-corrected chi connectivity index (χ2v) is 7.20. The van der Waals surface area contributed by atoms with Crippen molar-refractivity contribution in [1.29, 1.82) is 0 Å². The van der Waals surface area contributed by atoms with Crippen molar-refractivity contribution in [3.05, 3.63) is 71.5 Å². The van der Waals surface area contributed by atoms with E-state index in [0.717, 1.165) is 12.1 Å². The molecule has 0 saturated heterocycles. The number of nitrogens with one attached hydrogen (secondary N) is 1. The lowest BCUT2D eigenvalue weighted by Crippen LogP contribution is -2.39. The van der Waals surface area contributed by atoms with Gasteiger partial charge in [-0.3, -0.25) is 14.9 Å². The quantitative estimate of drug-likeness (QED) is 0.668. The molecular formula is C22H18F4N4O2. The van der Waals surface area contributed by atoms with Crippen LogP contribution >= 0.6 is 0 Å². The second kappa shape index (κ2) is 8.45. The molecule has 0 atom stereocenters. The first-order valence-corrected chi connectivity index (χ1v) is 9.66. The van der Waals surface area contributed by atoms with E-state index < -0.39 is 23.6 Å². The van der Waals surface area contributed by atoms with Gasteiger partial charge in [-0.15, -0.1) is 0 Å². The molecule has 32 heavy (non-hydrogen) atoms. The summed E-state index contributed by atoms with van der Waals surface area (Å²) in [5.41, 5.74) is 0.895. The molecule has 1 aromatic carbocycles. The van der Waals surface area contributed by atoms with Crippen molar-refractivity contribution in [2.45, 2.75) is 19.0 Å². The van der Waals surface area contributed by atoms with Crippen LogP contribution in [-0.2, 0) is 12.6 Å². The van der Waals surface area contributed by atoms with E-state index in [0.29, 0.717) is 23.4 Å². The van der Waals surface area contributed by atoms with Crippen molar-refractivity contribution >= 4 is 23.1 Å². The number of pyridine rings is 1. The highest BCUT2D eigenvalue weighted by atomic mass is 19.4. The number of alkyl halides is 3. The summed E-state index contributed by atoms with van der Waals surface area (Å²) in [6, 6.07) is 4.95. The van der Waals surface area contributed by atoms with Gasteiger partial charge in [0, 0.05) is 36.3 Å². The van der Waals surface area contributed by atoms with Crippen LogP contribution in [0.3, 0.4) is 0 Å². The minimum Gasteiger partial charge on any atom is -0.496 e. The van der Waals surface area contributed by atoms with E-state index in [1.165, 1.54) is 30.3 Å². The number of urea groups is 1. The zero-order valence-electron chi connectivity index (χ0n) is 16.9. The average molecular weight is 446 g/mol. The highest BCUT2D eigenvalue weighted by Crippen LogP contribution is 2.42. The molecule has 166 valence electrons. The molecule has 0 fully saturated rings. The fourth-order valence-corrected chi connectivity index (χ4v) is 3.62. The van der Waals surface area contributed by atoms with E-state index in [-0.39, 0.29) is 30.1 Å². The number of benzene rings is 1. The van der Waals surface area contributed by atoms with Crippen LogP contribution in [0.1, 0.15) is 17.5 Å². The molecule has 0 bridgehead atoms. The van der Waals surface area contributed by atoms with Gasteiger partial charge in [0.1, 0.15) is 11.6 Å². The Hall–Kier alpha value is -3.69. The SMILES string of the molecule is COc1cc2c(cc1C(F)(F)F)N(C(=O)NC1=CC(F)=CC(=Nc3cccnc3)C1)CC2. The number of nitrogens with zero attached hydrogens (tertiary/aromatic N) is 3. The number of halogens is 4. The smallest absolute Gasteiger partial charge is 0.420 e. The minimum atomic E-state index is -4.64. The van der Waals surface area contributed by atoms with Crippen molar-refractivity contribution in [2.24, 2.45) is 4.99 Å². The Labute approximate surface area is 180 Å². The zero-order valence-corrected chi connectivity index (χ0v) is 16.9. The minimum absolute atomic E-state index is 0.144. The van der Waals surface area contributed by atoms with Gasteiger partial charge in [-0.05, 0) is 48.4 Å². The van der Waals surface area contributed by atoms with Gasteiger partial charge in [-0.2, -0.15) is 13.2 Å². The molecular weight excluding hydrogens is 428 g/mol. The number of carbonyl (C=O) groups excluding carboxylic acids is 1. The first kappa shape index (κ1) is 21.5. The van der Waals surface area contributed by atoms with Gasteiger partial charge >= 0.3 is 12.2 Å². The summed E-state index contributed by atoms with van der Waals surface area (Å²) in [7, 11) is 1.17. The number of ether oxygens (including phenoxy) is 1. The van der Waals surface area contributed by atoms with Gasteiger partial charge in [0.15, 0.2) is 0 Å². The van der Waals surface area contributed by atoms with Gasteiger partial charge in [0.25, 0.3) is 0 Å². The summed E-state index contributed by atoms with van der Waals surface area (Å²) < 4.78 is 59.2. The molecule has 2 heterocycles. The maximum atomic E-state index is 14.1. The number of anilines is 1. The monoisotopic (exact) mass is 446 g/mol. The summed E-state index contributed by atoms with van der Waals surface area (Å²) in [6.45, 7) is 0.188. The van der Waals surface area contributed by atoms with Crippen LogP contribution in [0.25, 0.3) is 0 Å². The number of fused-ring (bicyclic) bond motifs is 1. The molecule has 2 aliphatic rings. The lowest BCUT2D eigenvalue weighted by atomic mass is 10.1. The summed E-state index contributed by atoms with van der Waals surface area (Å²) in [6.07, 6.45) is 1.39. The van der Waals surface area contributed by atoms with Crippen LogP contribution in [-0.4, -0.2) is 30.4 Å². The highest BCUT2D eigenvalue weighted by molar-refractivity contribution is 6.02. The van der Waals surface area contributed by atoms with E-state index in [1.807, 2.05) is 0 Å². The number of hydrogen-bond donors (Lipinski definition) is 1. The Bertz CT molecular complexity index is 1140. The third kappa shape index (κ3) is 4.48. The number of hydrogen-bond acceptors (Lipinski definition) is 4. The third-order valence-corrected chi connectivity index (χ3v) is 5.02. The van der Waals surface area contributed by atoms with Crippen LogP contribution in [0, 0.1) is 0 Å². The van der Waals surface area contributed by atoms with E-state index in [1.54, 1.807) is 18.3 Å². The molecule has 10 heteroatoms. The van der Waals surface area contributed by atoms with Gasteiger partial charge in [-0.1, -0.05) is 0 Å². The number of carbonyl (C=O) groups is 1. The maximum absolute atomic E-state index is 14.1. The topological polar surface area (TPSA) is 66.8 Å². The zero-order chi connectivity index (χ0) is 22.9. The van der Waals surface area contributed by atoms with E-state index >= 15 is 0 Å². The Morgan fingerprint density at radius 2 is 2.09 bits per heavy atom. The van der Waals surface area contributed by atoms with Gasteiger partial charge < -0.3 is 10.1 Å². The molecule has 1 aliphatic heterocycles. The maximum Gasteiger partial charge on any atom is 0.420 e. The largest absolute Gasteiger partial charge is 0.496 e. The molecule has 0 saturated carbocycles. The first-order chi connectivity index (χ1) is 15.2. The van der Waals surface area contributed by atoms with Crippen molar-refractivity contribution in [3.63, 3.8) is 0 Å². The molecule has 0 radical (unpaired) electrons. The van der Waals surface area contributed by atoms with E-state index in [9.17, 15) is 22.4 Å². The van der Waals surface area contributed by atoms with Crippen LogP contribution in [0.15, 0.2) is 65.3 Å². The van der Waals surface area contributed by atoms with Gasteiger partial charge in [-0.25, -0.2) is 9.18 Å². The number of rotatable bonds is 3. The number of methoxy groups -OCH3 is 1. The predicted octanol–water partition coefficient (Wildman–Crippen LogP) is 5.09. The van der Waals surface area contributed by atoms with Crippen LogP contribution in [0.5, 0.6) is 5.75 Å². The average Bonchev–Trinajstić information content (AvgIpc) is 3.15. The van der Waals surface area contributed by atoms with Crippen molar-refractivity contribution in [2.75, 3.05) is 18.6 Å². The lowest BCUT2D eigenvalue weighted by Gasteiger charge is -2.22. The van der Waals surface area contributed by atoms with Crippen molar-refractivity contribution < 1.29 is 27.1 Å². The van der Waals surface area contributed by atoms with Crippen LogP contribution in [0.4, 0.5) is 33.7 Å². The second-order valence-electron chi connectivity index (χ2n) is 7.20. The van der Waals surface area contributed by atoms with Crippen LogP contribution in [0.2, 0.25) is 0 Å². The fraction of sp³-hybridized carbons (Fsp3) is 0.227. The Morgan fingerprint density at radius 3 is 2.78 bits per heavy atom. The molecule has 0 spiro atoms. The Kier molecular flexibility index (Phi) is 5.68. The highest BCUT2D eigenvalue weighted by Gasteiger charge is 2.37. The molecule has 1 aliphatic carbocycles. The van der Waals surface area contributed by atoms with E-state index in [4.69, 9.17) is 4.74 Å². The van der Waals surface area contributed by atoms with E-state index in [2.05, 4.69) is 15.3 Å². The molecule has 6 nitrogen and oxygen atoms in total. The Morgan fingerprint density at radius 1 is 1.28 bits per heavy atom. The summed E-state index contributed by atoms with van der Waals surface area (Å²) in [4.78, 5) is 22.3. The number of aliphatic imine (C=N–C) groups is 1. The number of allylic oxidation sites excluding steroid dienone is 4. The van der Waals surface area contributed by atoms with Gasteiger partial charge in [0.2, 0.25) is 0 Å². The molecule has 4 rings (SSSR count). The number of aromatic nitrogens is 1. The molecule has 2 amide bonds. The standard InChI is InChI=1S/C22H18F4N4O2/c1-32-20-7-13-4-6-30(19(13)11-18(20)22(24,25)26)21(31)29-17-9-14(23)8-16(10-17)28-15-3-2-5-27-12-15/h2-3,5,7-9,11-12H,4,6,10H2,1H3,(H,29,31). The molecule has 1 N–H and O–H groups in total. The normalized spacial score (nSPS) is 17.0. The van der Waals surface area contributed by atoms with Crippen molar-refractivity contribution in [3.8, 4) is 5.75 Å². The summed E-state index contributed by atoms with van der Waals surface area (Å²) in [5.74, 6) is -0.892. The molecule has 0 unspecified atom stereocenters. The van der Waals surface area contributed by atoms with Crippen LogP contribution < -0.4 is 15.0 Å². The predicted molar refractivity (Wildman–Crippen MR) is 111 cm³/mol. The van der Waals surface area contributed by atoms with Crippen molar-refractivity contribution in [1.82, 2.24) is 10.3 Å². The fourth-order valence-electron chi connectivity index (χ4n) is 3.62. The molecule has 1 aromatic heterocycles. The van der Waals surface area contributed by atoms with Gasteiger partial charge in [0.05, 0.1) is 24.6 Å². The number of amides is 2.